The van der Waals surface area contributed by atoms with Gasteiger partial charge in [-0.05, 0) is 68.9 Å². The van der Waals surface area contributed by atoms with Crippen molar-refractivity contribution in [2.45, 2.75) is 114 Å². The van der Waals surface area contributed by atoms with Gasteiger partial charge in [0.15, 0.2) is 5.69 Å². The SMILES string of the molecule is CNC(=O)CC/C(=N\OCC(=O)O)c1nc2ccccc2n([C@H]2C[C@H]3CCC[C@@H](C2)N3[C@@H]2C[C@@H]3CCCC[C@@H](C3)C2)c1=O. The minimum absolute atomic E-state index is 0.0247. The molecule has 1 aromatic carbocycles. The first-order valence-corrected chi connectivity index (χ1v) is 16.3. The number of carbonyl (C=O) groups is 2. The molecule has 4 bridgehead atoms. The van der Waals surface area contributed by atoms with Gasteiger partial charge in [0, 0.05) is 44.1 Å². The van der Waals surface area contributed by atoms with Crippen molar-refractivity contribution in [2.24, 2.45) is 17.0 Å². The number of rotatable bonds is 9. The lowest BCUT2D eigenvalue weighted by molar-refractivity contribution is -0.142. The molecule has 0 radical (unpaired) electrons. The van der Waals surface area contributed by atoms with Crippen LogP contribution < -0.4 is 10.9 Å². The third kappa shape index (κ3) is 6.49. The smallest absolute Gasteiger partial charge is 0.344 e. The number of carbonyl (C=O) groups excluding carboxylic acids is 1. The van der Waals surface area contributed by atoms with E-state index < -0.39 is 12.6 Å². The largest absolute Gasteiger partial charge is 0.479 e. The number of para-hydroxylation sites is 2. The molecule has 4 aliphatic rings. The molecule has 2 saturated carbocycles. The van der Waals surface area contributed by atoms with E-state index in [4.69, 9.17) is 14.9 Å². The van der Waals surface area contributed by atoms with Crippen molar-refractivity contribution in [1.82, 2.24) is 19.8 Å². The van der Waals surface area contributed by atoms with Gasteiger partial charge in [0.05, 0.1) is 11.0 Å². The van der Waals surface area contributed by atoms with Gasteiger partial charge in [-0.3, -0.25) is 14.5 Å². The highest BCUT2D eigenvalue weighted by molar-refractivity contribution is 6.01. The monoisotopic (exact) mass is 591 g/mol. The number of hydrogen-bond acceptors (Lipinski definition) is 7. The van der Waals surface area contributed by atoms with E-state index in [1.807, 2.05) is 28.8 Å². The molecule has 43 heavy (non-hydrogen) atoms. The van der Waals surface area contributed by atoms with Crippen molar-refractivity contribution in [2.75, 3.05) is 13.7 Å². The van der Waals surface area contributed by atoms with Crippen molar-refractivity contribution < 1.29 is 19.5 Å². The highest BCUT2D eigenvalue weighted by Gasteiger charge is 2.45. The van der Waals surface area contributed by atoms with Gasteiger partial charge in [-0.2, -0.15) is 0 Å². The van der Waals surface area contributed by atoms with Crippen molar-refractivity contribution in [3.8, 4) is 0 Å². The molecule has 2 N–H and O–H groups in total. The highest BCUT2D eigenvalue weighted by atomic mass is 16.6. The Hall–Kier alpha value is -3.27. The van der Waals surface area contributed by atoms with E-state index in [0.717, 1.165) is 30.2 Å². The second-order valence-electron chi connectivity index (χ2n) is 13.2. The second-order valence-corrected chi connectivity index (χ2v) is 13.2. The van der Waals surface area contributed by atoms with E-state index >= 15 is 0 Å². The summed E-state index contributed by atoms with van der Waals surface area (Å²) in [7, 11) is 1.55. The zero-order valence-corrected chi connectivity index (χ0v) is 25.2. The van der Waals surface area contributed by atoms with Gasteiger partial charge >= 0.3 is 5.97 Å². The maximum atomic E-state index is 14.3. The first-order chi connectivity index (χ1) is 20.9. The van der Waals surface area contributed by atoms with Crippen LogP contribution in [0.1, 0.15) is 102 Å². The van der Waals surface area contributed by atoms with Gasteiger partial charge < -0.3 is 19.8 Å². The molecule has 1 amide bonds. The number of nitrogens with one attached hydrogen (secondary N) is 1. The van der Waals surface area contributed by atoms with Crippen LogP contribution in [-0.2, 0) is 14.4 Å². The molecule has 0 unspecified atom stereocenters. The molecule has 10 nitrogen and oxygen atoms in total. The summed E-state index contributed by atoms with van der Waals surface area (Å²) in [6.07, 6.45) is 15.3. The average molecular weight is 592 g/mol. The van der Waals surface area contributed by atoms with Crippen LogP contribution in [0, 0.1) is 11.8 Å². The number of fused-ring (bicyclic) bond motifs is 5. The second kappa shape index (κ2) is 13.2. The molecule has 1 aromatic heterocycles. The summed E-state index contributed by atoms with van der Waals surface area (Å²) < 4.78 is 1.92. The lowest BCUT2D eigenvalue weighted by Gasteiger charge is -2.54. The first kappa shape index (κ1) is 29.8. The Bertz CT molecular complexity index is 1390. The number of amides is 1. The molecule has 232 valence electrons. The van der Waals surface area contributed by atoms with Crippen LogP contribution in [0.2, 0.25) is 0 Å². The van der Waals surface area contributed by atoms with Crippen molar-refractivity contribution >= 4 is 28.6 Å². The number of aromatic nitrogens is 2. The molecular formula is C33H45N5O5. The molecule has 2 aliphatic heterocycles. The Balaban J connectivity index is 1.33. The van der Waals surface area contributed by atoms with E-state index in [9.17, 15) is 14.4 Å². The zero-order valence-electron chi connectivity index (χ0n) is 25.2. The Morgan fingerprint density at radius 2 is 1.63 bits per heavy atom. The van der Waals surface area contributed by atoms with Crippen LogP contribution in [-0.4, -0.2) is 68.9 Å². The van der Waals surface area contributed by atoms with Gasteiger partial charge in [0.1, 0.15) is 5.71 Å². The summed E-state index contributed by atoms with van der Waals surface area (Å²) in [6, 6.07) is 9.31. The van der Waals surface area contributed by atoms with Gasteiger partial charge in [0.25, 0.3) is 5.56 Å². The van der Waals surface area contributed by atoms with E-state index in [0.29, 0.717) is 23.6 Å². The third-order valence-electron chi connectivity index (χ3n) is 10.4. The minimum atomic E-state index is -1.17. The van der Waals surface area contributed by atoms with E-state index in [-0.39, 0.29) is 41.8 Å². The van der Waals surface area contributed by atoms with Crippen molar-refractivity contribution in [3.63, 3.8) is 0 Å². The summed E-state index contributed by atoms with van der Waals surface area (Å²) in [5, 5.41) is 15.7. The molecule has 2 saturated heterocycles. The Labute approximate surface area is 252 Å². The number of benzene rings is 1. The predicted molar refractivity (Wildman–Crippen MR) is 164 cm³/mol. The number of hydrogen-bond donors (Lipinski definition) is 2. The van der Waals surface area contributed by atoms with Gasteiger partial charge in [-0.1, -0.05) is 49.4 Å². The van der Waals surface area contributed by atoms with Gasteiger partial charge in [0.2, 0.25) is 12.5 Å². The highest BCUT2D eigenvalue weighted by Crippen LogP contribution is 2.47. The molecule has 2 aliphatic carbocycles. The topological polar surface area (TPSA) is 126 Å². The van der Waals surface area contributed by atoms with Crippen molar-refractivity contribution in [1.29, 1.82) is 0 Å². The maximum Gasteiger partial charge on any atom is 0.344 e. The molecule has 3 heterocycles. The molecule has 10 heteroatoms. The van der Waals surface area contributed by atoms with Crippen LogP contribution in [0.3, 0.4) is 0 Å². The lowest BCUT2D eigenvalue weighted by atomic mass is 9.73. The Morgan fingerprint density at radius 1 is 0.930 bits per heavy atom. The molecule has 0 spiro atoms. The van der Waals surface area contributed by atoms with Crippen LogP contribution in [0.15, 0.2) is 34.2 Å². The summed E-state index contributed by atoms with van der Waals surface area (Å²) in [6.45, 7) is -0.643. The average Bonchev–Trinajstić information content (AvgIpc) is 3.16. The Morgan fingerprint density at radius 3 is 2.30 bits per heavy atom. The summed E-state index contributed by atoms with van der Waals surface area (Å²) in [5.41, 5.74) is 1.53. The number of piperidine rings is 2. The Kier molecular flexibility index (Phi) is 9.12. The number of carboxylic acids is 1. The summed E-state index contributed by atoms with van der Waals surface area (Å²) >= 11 is 0. The van der Waals surface area contributed by atoms with E-state index in [1.165, 1.54) is 64.2 Å². The first-order valence-electron chi connectivity index (χ1n) is 16.3. The number of oxime groups is 1. The van der Waals surface area contributed by atoms with E-state index in [2.05, 4.69) is 15.4 Å². The van der Waals surface area contributed by atoms with E-state index in [1.54, 1.807) is 7.05 Å². The fraction of sp³-hybridized carbons (Fsp3) is 0.667. The normalized spacial score (nSPS) is 29.6. The van der Waals surface area contributed by atoms with Crippen LogP contribution in [0.4, 0.5) is 0 Å². The van der Waals surface area contributed by atoms with Crippen LogP contribution in [0.25, 0.3) is 11.0 Å². The quantitative estimate of drug-likeness (QED) is 0.321. The molecule has 6 atom stereocenters. The standard InChI is InChI=1S/C33H45N5O5/c1-34-30(39)14-13-28(36-43-20-31(40)41)32-33(42)38(29-12-5-4-11-27(29)35-32)26-18-23-9-6-10-24(19-26)37(23)25-16-21-7-2-3-8-22(15-21)17-25/h4-5,11-12,21-26H,2-3,6-10,13-20H2,1H3,(H,34,39)(H,40,41)/b36-28+/t21-,22+,23-,24+,25-,26+. The minimum Gasteiger partial charge on any atom is -0.479 e. The number of aliphatic carboxylic acids is 1. The predicted octanol–water partition coefficient (Wildman–Crippen LogP) is 4.64. The maximum absolute atomic E-state index is 14.3. The van der Waals surface area contributed by atoms with Crippen LogP contribution in [0.5, 0.6) is 0 Å². The summed E-state index contributed by atoms with van der Waals surface area (Å²) in [4.78, 5) is 50.2. The molecule has 6 rings (SSSR count). The van der Waals surface area contributed by atoms with Crippen molar-refractivity contribution in [3.05, 3.63) is 40.3 Å². The van der Waals surface area contributed by atoms with Gasteiger partial charge in [-0.15, -0.1) is 0 Å². The molecule has 2 aromatic rings. The van der Waals surface area contributed by atoms with Crippen LogP contribution >= 0.6 is 0 Å². The third-order valence-corrected chi connectivity index (χ3v) is 10.4. The van der Waals surface area contributed by atoms with Gasteiger partial charge in [-0.25, -0.2) is 9.78 Å². The molecular weight excluding hydrogens is 546 g/mol. The number of nitrogens with zero attached hydrogens (tertiary/aromatic N) is 4. The fourth-order valence-electron chi connectivity index (χ4n) is 8.74. The molecule has 4 fully saturated rings. The summed E-state index contributed by atoms with van der Waals surface area (Å²) in [5.74, 6) is 0.355. The zero-order chi connectivity index (χ0) is 29.9. The fourth-order valence-corrected chi connectivity index (χ4v) is 8.74. The number of carboxylic acid groups (broad SMARTS) is 1. The lowest BCUT2D eigenvalue weighted by Crippen LogP contribution is -2.58.